The second-order valence-corrected chi connectivity index (χ2v) is 7.50. The van der Waals surface area contributed by atoms with Crippen molar-refractivity contribution in [3.63, 3.8) is 0 Å². The van der Waals surface area contributed by atoms with Crippen LogP contribution < -0.4 is 5.32 Å². The first-order chi connectivity index (χ1) is 12.4. The molecule has 1 aliphatic rings. The van der Waals surface area contributed by atoms with Gasteiger partial charge in [-0.3, -0.25) is 14.9 Å². The van der Waals surface area contributed by atoms with E-state index in [-0.39, 0.29) is 17.9 Å². The number of thiophene rings is 1. The van der Waals surface area contributed by atoms with E-state index in [2.05, 4.69) is 21.2 Å². The Hall–Kier alpha value is -2.26. The van der Waals surface area contributed by atoms with Crippen LogP contribution in [0, 0.1) is 10.1 Å². The summed E-state index contributed by atoms with van der Waals surface area (Å²) >= 11 is 4.35. The van der Waals surface area contributed by atoms with Crippen molar-refractivity contribution in [3.05, 3.63) is 54.9 Å². The van der Waals surface area contributed by atoms with E-state index in [1.54, 1.807) is 6.92 Å². The minimum Gasteiger partial charge on any atom is -0.462 e. The number of amides is 1. The predicted octanol–water partition coefficient (Wildman–Crippen LogP) is 4.73. The van der Waals surface area contributed by atoms with Gasteiger partial charge < -0.3 is 10.1 Å². The Kier molecular flexibility index (Phi) is 5.38. The normalized spacial score (nSPS) is 13.3. The highest BCUT2D eigenvalue weighted by Crippen LogP contribution is 2.46. The number of carbonyl (C=O) groups is 2. The number of ether oxygens (including phenoxy) is 1. The third-order valence-corrected chi connectivity index (χ3v) is 5.53. The molecule has 2 aromatic rings. The molecule has 0 aliphatic heterocycles. The van der Waals surface area contributed by atoms with Crippen LogP contribution in [-0.2, 0) is 4.74 Å². The monoisotopic (exact) mass is 438 g/mol. The summed E-state index contributed by atoms with van der Waals surface area (Å²) in [5, 5.41) is 16.0. The van der Waals surface area contributed by atoms with Crippen LogP contribution >= 0.6 is 27.3 Å². The molecule has 1 amide bonds. The lowest BCUT2D eigenvalue weighted by atomic mass is 10.1. The number of rotatable bonds is 6. The summed E-state index contributed by atoms with van der Waals surface area (Å²) in [5.41, 5.74) is 1.22. The van der Waals surface area contributed by atoms with E-state index in [0.717, 1.165) is 18.4 Å². The molecule has 1 saturated carbocycles. The number of hydrogen-bond donors (Lipinski definition) is 1. The van der Waals surface area contributed by atoms with E-state index in [4.69, 9.17) is 4.74 Å². The van der Waals surface area contributed by atoms with Gasteiger partial charge in [0.15, 0.2) is 0 Å². The average molecular weight is 439 g/mol. The van der Waals surface area contributed by atoms with Gasteiger partial charge in [0.2, 0.25) is 0 Å². The van der Waals surface area contributed by atoms with Crippen LogP contribution in [0.5, 0.6) is 0 Å². The minimum atomic E-state index is -0.568. The van der Waals surface area contributed by atoms with Crippen molar-refractivity contribution in [1.29, 1.82) is 0 Å². The number of benzene rings is 1. The summed E-state index contributed by atoms with van der Waals surface area (Å²) in [6.45, 7) is 1.96. The molecule has 0 bridgehead atoms. The lowest BCUT2D eigenvalue weighted by Gasteiger charge is -2.08. The molecule has 0 spiro atoms. The molecule has 1 aliphatic carbocycles. The molecule has 7 nitrogen and oxygen atoms in total. The first-order valence-corrected chi connectivity index (χ1v) is 9.63. The van der Waals surface area contributed by atoms with Gasteiger partial charge in [0, 0.05) is 11.6 Å². The molecule has 26 heavy (non-hydrogen) atoms. The first kappa shape index (κ1) is 18.5. The van der Waals surface area contributed by atoms with Gasteiger partial charge in [-0.25, -0.2) is 4.79 Å². The number of nitrogens with zero attached hydrogens (tertiary/aromatic N) is 1. The van der Waals surface area contributed by atoms with Crippen LogP contribution in [0.4, 0.5) is 10.7 Å². The predicted molar refractivity (Wildman–Crippen MR) is 101 cm³/mol. The number of anilines is 1. The lowest BCUT2D eigenvalue weighted by molar-refractivity contribution is -0.385. The highest BCUT2D eigenvalue weighted by Gasteiger charge is 2.32. The molecule has 0 radical (unpaired) electrons. The third-order valence-electron chi connectivity index (χ3n) is 3.95. The summed E-state index contributed by atoms with van der Waals surface area (Å²) in [4.78, 5) is 35.3. The molecule has 1 heterocycles. The van der Waals surface area contributed by atoms with Gasteiger partial charge in [0.25, 0.3) is 11.6 Å². The Balaban J connectivity index is 1.89. The van der Waals surface area contributed by atoms with Crippen molar-refractivity contribution in [3.8, 4) is 0 Å². The summed E-state index contributed by atoms with van der Waals surface area (Å²) < 4.78 is 5.41. The summed E-state index contributed by atoms with van der Waals surface area (Å²) in [7, 11) is 0. The molecule has 1 aromatic heterocycles. The van der Waals surface area contributed by atoms with Crippen molar-refractivity contribution in [2.24, 2.45) is 0 Å². The van der Waals surface area contributed by atoms with Crippen LogP contribution in [0.25, 0.3) is 0 Å². The summed E-state index contributed by atoms with van der Waals surface area (Å²) in [6, 6.07) is 4.12. The highest BCUT2D eigenvalue weighted by atomic mass is 79.9. The Labute approximate surface area is 161 Å². The van der Waals surface area contributed by atoms with Crippen LogP contribution in [-0.4, -0.2) is 23.4 Å². The van der Waals surface area contributed by atoms with E-state index in [1.165, 1.54) is 29.5 Å². The van der Waals surface area contributed by atoms with Gasteiger partial charge in [0.1, 0.15) is 5.00 Å². The maximum absolute atomic E-state index is 12.5. The third kappa shape index (κ3) is 3.78. The van der Waals surface area contributed by atoms with Crippen molar-refractivity contribution in [2.45, 2.75) is 25.7 Å². The van der Waals surface area contributed by atoms with Crippen molar-refractivity contribution >= 4 is 49.8 Å². The van der Waals surface area contributed by atoms with Gasteiger partial charge in [-0.2, -0.15) is 0 Å². The Bertz CT molecular complexity index is 891. The Morgan fingerprint density at radius 2 is 2.15 bits per heavy atom. The maximum Gasteiger partial charge on any atom is 0.341 e. The van der Waals surface area contributed by atoms with Gasteiger partial charge in [0.05, 0.1) is 21.6 Å². The number of esters is 1. The molecule has 9 heteroatoms. The summed E-state index contributed by atoms with van der Waals surface area (Å²) in [5.74, 6) is -0.659. The lowest BCUT2D eigenvalue weighted by Crippen LogP contribution is -2.15. The SMILES string of the molecule is CCOC(=O)c1c(C2CC2)csc1NC(=O)c1ccc(Br)c([N+](=O)[O-])c1. The van der Waals surface area contributed by atoms with Gasteiger partial charge in [-0.05, 0) is 64.7 Å². The number of nitro benzene ring substituents is 1. The van der Waals surface area contributed by atoms with Crippen LogP contribution in [0.15, 0.2) is 28.1 Å². The summed E-state index contributed by atoms with van der Waals surface area (Å²) in [6.07, 6.45) is 2.02. The largest absolute Gasteiger partial charge is 0.462 e. The molecular weight excluding hydrogens is 424 g/mol. The van der Waals surface area contributed by atoms with Crippen molar-refractivity contribution < 1.29 is 19.2 Å². The molecule has 1 aromatic carbocycles. The number of nitro groups is 1. The van der Waals surface area contributed by atoms with Gasteiger partial charge in [-0.15, -0.1) is 11.3 Å². The number of halogens is 1. The average Bonchev–Trinajstić information content (AvgIpc) is 3.36. The molecule has 0 atom stereocenters. The van der Waals surface area contributed by atoms with Crippen molar-refractivity contribution in [1.82, 2.24) is 0 Å². The van der Waals surface area contributed by atoms with Gasteiger partial charge >= 0.3 is 5.97 Å². The quantitative estimate of drug-likeness (QED) is 0.399. The fourth-order valence-electron chi connectivity index (χ4n) is 2.54. The van der Waals surface area contributed by atoms with E-state index >= 15 is 0 Å². The second kappa shape index (κ2) is 7.55. The Morgan fingerprint density at radius 3 is 2.77 bits per heavy atom. The number of carbonyl (C=O) groups excluding carboxylic acids is 2. The van der Waals surface area contributed by atoms with E-state index in [1.807, 2.05) is 5.38 Å². The molecule has 0 saturated heterocycles. The minimum absolute atomic E-state index is 0.135. The molecule has 1 fully saturated rings. The first-order valence-electron chi connectivity index (χ1n) is 7.96. The van der Waals surface area contributed by atoms with Gasteiger partial charge in [-0.1, -0.05) is 0 Å². The van der Waals surface area contributed by atoms with E-state index in [9.17, 15) is 19.7 Å². The topological polar surface area (TPSA) is 98.5 Å². The van der Waals surface area contributed by atoms with Crippen LogP contribution in [0.2, 0.25) is 0 Å². The maximum atomic E-state index is 12.5. The highest BCUT2D eigenvalue weighted by molar-refractivity contribution is 9.10. The van der Waals surface area contributed by atoms with Crippen molar-refractivity contribution in [2.75, 3.05) is 11.9 Å². The molecular formula is C17H15BrN2O5S. The number of hydrogen-bond acceptors (Lipinski definition) is 6. The Morgan fingerprint density at radius 1 is 1.42 bits per heavy atom. The zero-order valence-electron chi connectivity index (χ0n) is 13.8. The standard InChI is InChI=1S/C17H15BrN2O5S/c1-2-25-17(22)14-11(9-3-4-9)8-26-16(14)19-15(21)10-5-6-12(18)13(7-10)20(23)24/h5-9H,2-4H2,1H3,(H,19,21). The smallest absolute Gasteiger partial charge is 0.341 e. The van der Waals surface area contributed by atoms with Crippen LogP contribution in [0.3, 0.4) is 0 Å². The second-order valence-electron chi connectivity index (χ2n) is 5.77. The zero-order chi connectivity index (χ0) is 18.8. The molecule has 3 rings (SSSR count). The zero-order valence-corrected chi connectivity index (χ0v) is 16.2. The molecule has 1 N–H and O–H groups in total. The van der Waals surface area contributed by atoms with E-state index in [0.29, 0.717) is 21.0 Å². The molecule has 136 valence electrons. The van der Waals surface area contributed by atoms with Crippen LogP contribution in [0.1, 0.15) is 52.0 Å². The fourth-order valence-corrected chi connectivity index (χ4v) is 3.96. The van der Waals surface area contributed by atoms with E-state index < -0.39 is 16.8 Å². The fraction of sp³-hybridized carbons (Fsp3) is 0.294. The number of nitrogens with one attached hydrogen (secondary N) is 1. The molecule has 0 unspecified atom stereocenters.